The van der Waals surface area contributed by atoms with Gasteiger partial charge in [-0.3, -0.25) is 4.79 Å². The van der Waals surface area contributed by atoms with Crippen molar-refractivity contribution >= 4 is 27.7 Å². The van der Waals surface area contributed by atoms with Gasteiger partial charge in [0, 0.05) is 16.2 Å². The van der Waals surface area contributed by atoms with E-state index in [9.17, 15) is 4.79 Å². The summed E-state index contributed by atoms with van der Waals surface area (Å²) in [6, 6.07) is 1.76. The molecule has 1 aromatic rings. The summed E-state index contributed by atoms with van der Waals surface area (Å²) in [5.74, 6) is 0.0698. The van der Waals surface area contributed by atoms with Crippen LogP contribution in [0.2, 0.25) is 0 Å². The minimum Gasteiger partial charge on any atom is -0.466 e. The molecule has 1 heterocycles. The summed E-state index contributed by atoms with van der Waals surface area (Å²) in [5.41, 5.74) is 6.27. The van der Waals surface area contributed by atoms with Crippen molar-refractivity contribution < 1.29 is 9.53 Å². The number of nitrogens with two attached hydrogens (primary N) is 1. The summed E-state index contributed by atoms with van der Waals surface area (Å²) in [7, 11) is 0. The van der Waals surface area contributed by atoms with Crippen LogP contribution in [-0.4, -0.2) is 17.6 Å². The number of pyridine rings is 1. The number of ether oxygens (including phenoxy) is 1. The van der Waals surface area contributed by atoms with Gasteiger partial charge in [0.2, 0.25) is 0 Å². The highest BCUT2D eigenvalue weighted by Gasteiger charge is 2.08. The molecule has 0 spiro atoms. The van der Waals surface area contributed by atoms with E-state index >= 15 is 0 Å². The molecular weight excluding hydrogens is 248 g/mol. The molecule has 0 aromatic carbocycles. The molecule has 2 N–H and O–H groups in total. The fourth-order valence-electron chi connectivity index (χ4n) is 1.00. The minimum atomic E-state index is -0.292. The Labute approximate surface area is 90.6 Å². The van der Waals surface area contributed by atoms with Gasteiger partial charge < -0.3 is 10.5 Å². The van der Waals surface area contributed by atoms with E-state index in [1.165, 1.54) is 0 Å². The lowest BCUT2D eigenvalue weighted by atomic mass is 10.2. The summed E-state index contributed by atoms with van der Waals surface area (Å²) in [5, 5.41) is 0. The summed E-state index contributed by atoms with van der Waals surface area (Å²) < 4.78 is 5.60. The maximum Gasteiger partial charge on any atom is 0.310 e. The molecule has 0 saturated carbocycles. The van der Waals surface area contributed by atoms with E-state index in [0.29, 0.717) is 18.0 Å². The molecule has 76 valence electrons. The number of aromatic nitrogens is 1. The van der Waals surface area contributed by atoms with E-state index in [4.69, 9.17) is 10.5 Å². The van der Waals surface area contributed by atoms with E-state index in [0.717, 1.165) is 4.47 Å². The van der Waals surface area contributed by atoms with E-state index in [1.54, 1.807) is 19.2 Å². The number of hydrogen-bond donors (Lipinski definition) is 1. The molecule has 0 amide bonds. The van der Waals surface area contributed by atoms with Gasteiger partial charge in [0.05, 0.1) is 13.0 Å². The summed E-state index contributed by atoms with van der Waals surface area (Å²) in [6.07, 6.45) is 1.75. The second-order valence-corrected chi connectivity index (χ2v) is 3.60. The number of rotatable bonds is 3. The molecule has 4 nitrogen and oxygen atoms in total. The monoisotopic (exact) mass is 258 g/mol. The van der Waals surface area contributed by atoms with Crippen LogP contribution in [0.25, 0.3) is 0 Å². The van der Waals surface area contributed by atoms with Crippen molar-refractivity contribution in [3.63, 3.8) is 0 Å². The average Bonchev–Trinajstić information content (AvgIpc) is 2.12. The third-order valence-corrected chi connectivity index (χ3v) is 2.04. The van der Waals surface area contributed by atoms with E-state index in [2.05, 4.69) is 20.9 Å². The quantitative estimate of drug-likeness (QED) is 0.836. The van der Waals surface area contributed by atoms with Crippen LogP contribution in [0, 0.1) is 0 Å². The molecule has 14 heavy (non-hydrogen) atoms. The Balaban J connectivity index is 2.75. The number of nitrogen functional groups attached to an aromatic ring is 1. The van der Waals surface area contributed by atoms with Crippen molar-refractivity contribution in [3.05, 3.63) is 22.3 Å². The van der Waals surface area contributed by atoms with Crippen LogP contribution < -0.4 is 5.73 Å². The van der Waals surface area contributed by atoms with Gasteiger partial charge >= 0.3 is 5.97 Å². The van der Waals surface area contributed by atoms with E-state index < -0.39 is 0 Å². The van der Waals surface area contributed by atoms with Crippen LogP contribution in [0.1, 0.15) is 12.5 Å². The predicted molar refractivity (Wildman–Crippen MR) is 56.7 cm³/mol. The van der Waals surface area contributed by atoms with Gasteiger partial charge in [0.1, 0.15) is 5.82 Å². The largest absolute Gasteiger partial charge is 0.466 e. The van der Waals surface area contributed by atoms with Crippen molar-refractivity contribution in [1.82, 2.24) is 4.98 Å². The SMILES string of the molecule is CCOC(=O)Cc1cc(Br)cnc1N. The van der Waals surface area contributed by atoms with Gasteiger partial charge in [0.15, 0.2) is 0 Å². The molecule has 1 aromatic heterocycles. The molecule has 0 saturated heterocycles. The standard InChI is InChI=1S/C9H11BrN2O2/c1-2-14-8(13)4-6-3-7(10)5-12-9(6)11/h3,5H,2,4H2,1H3,(H2,11,12). The highest BCUT2D eigenvalue weighted by molar-refractivity contribution is 9.10. The van der Waals surface area contributed by atoms with Gasteiger partial charge in [0.25, 0.3) is 0 Å². The fraction of sp³-hybridized carbons (Fsp3) is 0.333. The number of carbonyl (C=O) groups excluding carboxylic acids is 1. The van der Waals surface area contributed by atoms with Crippen LogP contribution in [0.3, 0.4) is 0 Å². The number of nitrogens with zero attached hydrogens (tertiary/aromatic N) is 1. The van der Waals surface area contributed by atoms with Crippen LogP contribution in [-0.2, 0) is 16.0 Å². The first-order valence-electron chi connectivity index (χ1n) is 4.19. The Hall–Kier alpha value is -1.10. The molecule has 0 radical (unpaired) electrons. The van der Waals surface area contributed by atoms with Crippen LogP contribution in [0.15, 0.2) is 16.7 Å². The number of anilines is 1. The Morgan fingerprint density at radius 2 is 2.43 bits per heavy atom. The van der Waals surface area contributed by atoms with Crippen molar-refractivity contribution in [2.75, 3.05) is 12.3 Å². The molecule has 0 unspecified atom stereocenters. The third-order valence-electron chi connectivity index (χ3n) is 1.61. The average molecular weight is 259 g/mol. The highest BCUT2D eigenvalue weighted by Crippen LogP contribution is 2.16. The number of hydrogen-bond acceptors (Lipinski definition) is 4. The van der Waals surface area contributed by atoms with E-state index in [-0.39, 0.29) is 12.4 Å². The molecule has 0 aliphatic heterocycles. The second kappa shape index (κ2) is 4.95. The van der Waals surface area contributed by atoms with Gasteiger partial charge in [-0.2, -0.15) is 0 Å². The zero-order valence-corrected chi connectivity index (χ0v) is 9.37. The lowest BCUT2D eigenvalue weighted by Crippen LogP contribution is -2.09. The van der Waals surface area contributed by atoms with Crippen molar-refractivity contribution in [3.8, 4) is 0 Å². The molecular formula is C9H11BrN2O2. The van der Waals surface area contributed by atoms with Crippen molar-refractivity contribution in [2.24, 2.45) is 0 Å². The molecule has 0 fully saturated rings. The lowest BCUT2D eigenvalue weighted by molar-refractivity contribution is -0.142. The fourth-order valence-corrected chi connectivity index (χ4v) is 1.38. The Kier molecular flexibility index (Phi) is 3.88. The summed E-state index contributed by atoms with van der Waals surface area (Å²) in [6.45, 7) is 2.14. The predicted octanol–water partition coefficient (Wildman–Crippen LogP) is 1.53. The zero-order valence-electron chi connectivity index (χ0n) is 7.79. The number of halogens is 1. The van der Waals surface area contributed by atoms with Crippen molar-refractivity contribution in [1.29, 1.82) is 0 Å². The smallest absolute Gasteiger partial charge is 0.310 e. The summed E-state index contributed by atoms with van der Waals surface area (Å²) in [4.78, 5) is 15.1. The molecule has 1 rings (SSSR count). The molecule has 0 aliphatic rings. The molecule has 0 atom stereocenters. The van der Waals surface area contributed by atoms with E-state index in [1.807, 2.05) is 0 Å². The molecule has 0 aliphatic carbocycles. The maximum absolute atomic E-state index is 11.2. The van der Waals surface area contributed by atoms with Crippen LogP contribution in [0.4, 0.5) is 5.82 Å². The zero-order chi connectivity index (χ0) is 10.6. The van der Waals surface area contributed by atoms with Gasteiger partial charge in [-0.15, -0.1) is 0 Å². The Bertz CT molecular complexity index is 342. The summed E-state index contributed by atoms with van der Waals surface area (Å²) >= 11 is 3.26. The van der Waals surface area contributed by atoms with Crippen LogP contribution >= 0.6 is 15.9 Å². The number of esters is 1. The Morgan fingerprint density at radius 1 is 1.71 bits per heavy atom. The topological polar surface area (TPSA) is 65.2 Å². The first-order chi connectivity index (χ1) is 6.63. The highest BCUT2D eigenvalue weighted by atomic mass is 79.9. The maximum atomic E-state index is 11.2. The second-order valence-electron chi connectivity index (χ2n) is 2.68. The lowest BCUT2D eigenvalue weighted by Gasteiger charge is -2.04. The molecule has 0 bridgehead atoms. The number of carbonyl (C=O) groups is 1. The van der Waals surface area contributed by atoms with Crippen molar-refractivity contribution in [2.45, 2.75) is 13.3 Å². The third kappa shape index (κ3) is 2.99. The minimum absolute atomic E-state index is 0.159. The van der Waals surface area contributed by atoms with Gasteiger partial charge in [-0.05, 0) is 28.9 Å². The first-order valence-corrected chi connectivity index (χ1v) is 4.98. The van der Waals surface area contributed by atoms with Crippen LogP contribution in [0.5, 0.6) is 0 Å². The first kappa shape index (κ1) is 11.0. The van der Waals surface area contributed by atoms with Gasteiger partial charge in [-0.25, -0.2) is 4.98 Å². The normalized spacial score (nSPS) is 9.86. The molecule has 5 heteroatoms. The van der Waals surface area contributed by atoms with Gasteiger partial charge in [-0.1, -0.05) is 0 Å². The Morgan fingerprint density at radius 3 is 3.07 bits per heavy atom.